The molecule has 0 radical (unpaired) electrons. The molecule has 0 aliphatic carbocycles. The molecule has 22 heavy (non-hydrogen) atoms. The number of hydrogen-bond acceptors (Lipinski definition) is 4. The van der Waals surface area contributed by atoms with Gasteiger partial charge in [-0.3, -0.25) is 0 Å². The Morgan fingerprint density at radius 1 is 0.909 bits per heavy atom. The fraction of sp³-hybridized carbons (Fsp3) is 1.00. The fourth-order valence-electron chi connectivity index (χ4n) is 2.37. The van der Waals surface area contributed by atoms with Crippen molar-refractivity contribution in [3.05, 3.63) is 0 Å². The van der Waals surface area contributed by atoms with E-state index in [0.717, 1.165) is 19.1 Å². The summed E-state index contributed by atoms with van der Waals surface area (Å²) in [4.78, 5) is 9.48. The molecule has 1 atom stereocenters. The van der Waals surface area contributed by atoms with Gasteiger partial charge in [-0.25, -0.2) is 0 Å². The highest BCUT2D eigenvalue weighted by molar-refractivity contribution is 4.79. The summed E-state index contributed by atoms with van der Waals surface area (Å²) >= 11 is 0. The summed E-state index contributed by atoms with van der Waals surface area (Å²) in [5.74, 6) is 0. The molecule has 0 aromatic carbocycles. The molecule has 0 amide bonds. The summed E-state index contributed by atoms with van der Waals surface area (Å²) in [7, 11) is 10.8. The zero-order valence-electron chi connectivity index (χ0n) is 16.8. The van der Waals surface area contributed by atoms with Crippen molar-refractivity contribution >= 4 is 0 Å². The third-order valence-corrected chi connectivity index (χ3v) is 4.83. The highest BCUT2D eigenvalue weighted by Crippen LogP contribution is 2.15. The van der Waals surface area contributed by atoms with E-state index in [9.17, 15) is 0 Å². The summed E-state index contributed by atoms with van der Waals surface area (Å²) in [5.41, 5.74) is 0. The van der Waals surface area contributed by atoms with E-state index in [0.29, 0.717) is 12.1 Å². The minimum Gasteiger partial charge on any atom is -0.308 e. The van der Waals surface area contributed by atoms with Gasteiger partial charge in [-0.2, -0.15) is 0 Å². The van der Waals surface area contributed by atoms with Gasteiger partial charge < -0.3 is 19.6 Å². The first-order valence-corrected chi connectivity index (χ1v) is 8.90. The van der Waals surface area contributed by atoms with Gasteiger partial charge in [0.1, 0.15) is 0 Å². The Labute approximate surface area is 140 Å². The molecule has 4 heteroatoms. The molecule has 0 bridgehead atoms. The highest BCUT2D eigenvalue weighted by atomic mass is 15.2. The zero-order valence-corrected chi connectivity index (χ0v) is 16.8. The van der Waals surface area contributed by atoms with Crippen molar-refractivity contribution in [2.75, 3.05) is 61.4 Å². The van der Waals surface area contributed by atoms with Gasteiger partial charge >= 0.3 is 0 Å². The Kier molecular flexibility index (Phi) is 11.3. The quantitative estimate of drug-likeness (QED) is 0.715. The van der Waals surface area contributed by atoms with Gasteiger partial charge in [0.05, 0.1) is 0 Å². The zero-order chi connectivity index (χ0) is 17.3. The lowest BCUT2D eigenvalue weighted by molar-refractivity contribution is 0.192. The molecule has 1 aliphatic heterocycles. The van der Waals surface area contributed by atoms with E-state index in [1.165, 1.54) is 25.9 Å². The molecule has 0 spiro atoms. The topological polar surface area (TPSA) is 13.0 Å². The predicted molar refractivity (Wildman–Crippen MR) is 99.7 cm³/mol. The van der Waals surface area contributed by atoms with Crippen LogP contribution >= 0.6 is 0 Å². The standard InChI is InChI=1S/C10H22N2.C8H20N2/c1-9(2)12(4)8-10-6-5-7-11(10)3;1-8(2)10(5)7-6-9(3)4/h9-10H,5-8H2,1-4H3;8H,6-7H2,1-5H3. The van der Waals surface area contributed by atoms with Crippen LogP contribution in [0.3, 0.4) is 0 Å². The lowest BCUT2D eigenvalue weighted by Crippen LogP contribution is -2.39. The first kappa shape index (κ1) is 21.8. The van der Waals surface area contributed by atoms with E-state index in [-0.39, 0.29) is 0 Å². The summed E-state index contributed by atoms with van der Waals surface area (Å²) in [6.45, 7) is 13.8. The normalized spacial score (nSPS) is 19.6. The van der Waals surface area contributed by atoms with E-state index in [2.05, 4.69) is 82.5 Å². The molecule has 0 saturated carbocycles. The van der Waals surface area contributed by atoms with Gasteiger partial charge in [0.25, 0.3) is 0 Å². The van der Waals surface area contributed by atoms with Crippen LogP contribution in [0.25, 0.3) is 0 Å². The minimum atomic E-state index is 0.667. The lowest BCUT2D eigenvalue weighted by atomic mass is 10.2. The number of likely N-dealkylation sites (tertiary alicyclic amines) is 1. The molecule has 4 nitrogen and oxygen atoms in total. The highest BCUT2D eigenvalue weighted by Gasteiger charge is 2.22. The number of hydrogen-bond donors (Lipinski definition) is 0. The first-order valence-electron chi connectivity index (χ1n) is 8.90. The Morgan fingerprint density at radius 3 is 1.82 bits per heavy atom. The Balaban J connectivity index is 0.000000409. The molecule has 1 rings (SSSR count). The first-order chi connectivity index (χ1) is 10.1. The van der Waals surface area contributed by atoms with Crippen LogP contribution in [-0.2, 0) is 0 Å². The molecule has 1 aliphatic rings. The maximum absolute atomic E-state index is 2.48. The van der Waals surface area contributed by atoms with Gasteiger partial charge in [0, 0.05) is 37.8 Å². The third kappa shape index (κ3) is 9.78. The van der Waals surface area contributed by atoms with Crippen LogP contribution in [-0.4, -0.2) is 99.1 Å². The second-order valence-corrected chi connectivity index (χ2v) is 7.69. The van der Waals surface area contributed by atoms with E-state index in [4.69, 9.17) is 0 Å². The van der Waals surface area contributed by atoms with Crippen molar-refractivity contribution < 1.29 is 0 Å². The van der Waals surface area contributed by atoms with Crippen LogP contribution in [0.1, 0.15) is 40.5 Å². The molecule has 0 aromatic heterocycles. The largest absolute Gasteiger partial charge is 0.308 e. The van der Waals surface area contributed by atoms with Crippen LogP contribution in [0, 0.1) is 0 Å². The number of rotatable bonds is 7. The minimum absolute atomic E-state index is 0.667. The van der Waals surface area contributed by atoms with Crippen molar-refractivity contribution in [1.82, 2.24) is 19.6 Å². The Morgan fingerprint density at radius 2 is 1.45 bits per heavy atom. The molecular formula is C18H42N4. The van der Waals surface area contributed by atoms with Crippen molar-refractivity contribution in [2.45, 2.75) is 58.7 Å². The second-order valence-electron chi connectivity index (χ2n) is 7.69. The van der Waals surface area contributed by atoms with Gasteiger partial charge in [0.15, 0.2) is 0 Å². The summed E-state index contributed by atoms with van der Waals surface area (Å²) in [5, 5.41) is 0. The van der Waals surface area contributed by atoms with Crippen LogP contribution < -0.4 is 0 Å². The number of likely N-dealkylation sites (N-methyl/N-ethyl adjacent to an activating group) is 4. The van der Waals surface area contributed by atoms with E-state index in [1.807, 2.05) is 0 Å². The van der Waals surface area contributed by atoms with E-state index >= 15 is 0 Å². The maximum Gasteiger partial charge on any atom is 0.0220 e. The van der Waals surface area contributed by atoms with Crippen molar-refractivity contribution in [3.63, 3.8) is 0 Å². The van der Waals surface area contributed by atoms with Gasteiger partial charge in [0.2, 0.25) is 0 Å². The fourth-order valence-corrected chi connectivity index (χ4v) is 2.37. The summed E-state index contributed by atoms with van der Waals surface area (Å²) < 4.78 is 0. The molecule has 0 N–H and O–H groups in total. The molecule has 0 aromatic rings. The number of nitrogens with zero attached hydrogens (tertiary/aromatic N) is 4. The molecular weight excluding hydrogens is 272 g/mol. The van der Waals surface area contributed by atoms with Crippen molar-refractivity contribution in [1.29, 1.82) is 0 Å². The summed E-state index contributed by atoms with van der Waals surface area (Å²) in [6, 6.07) is 2.15. The van der Waals surface area contributed by atoms with Crippen LogP contribution in [0.15, 0.2) is 0 Å². The monoisotopic (exact) mass is 314 g/mol. The average molecular weight is 315 g/mol. The maximum atomic E-state index is 2.48. The van der Waals surface area contributed by atoms with Gasteiger partial charge in [-0.05, 0) is 82.3 Å². The molecule has 134 valence electrons. The smallest absolute Gasteiger partial charge is 0.0220 e. The third-order valence-electron chi connectivity index (χ3n) is 4.83. The van der Waals surface area contributed by atoms with Crippen molar-refractivity contribution in [3.8, 4) is 0 Å². The van der Waals surface area contributed by atoms with Crippen LogP contribution in [0.2, 0.25) is 0 Å². The van der Waals surface area contributed by atoms with E-state index < -0.39 is 0 Å². The molecule has 1 heterocycles. The van der Waals surface area contributed by atoms with E-state index in [1.54, 1.807) is 0 Å². The van der Waals surface area contributed by atoms with Gasteiger partial charge in [-0.15, -0.1) is 0 Å². The second kappa shape index (κ2) is 11.4. The van der Waals surface area contributed by atoms with Crippen LogP contribution in [0.5, 0.6) is 0 Å². The predicted octanol–water partition coefficient (Wildman–Crippen LogP) is 2.31. The Hall–Kier alpha value is -0.160. The summed E-state index contributed by atoms with van der Waals surface area (Å²) in [6.07, 6.45) is 2.76. The van der Waals surface area contributed by atoms with Gasteiger partial charge in [-0.1, -0.05) is 0 Å². The lowest BCUT2D eigenvalue weighted by Gasteiger charge is -2.28. The average Bonchev–Trinajstić information content (AvgIpc) is 2.81. The van der Waals surface area contributed by atoms with Crippen LogP contribution in [0.4, 0.5) is 0 Å². The molecule has 1 unspecified atom stereocenters. The molecule has 1 fully saturated rings. The SMILES string of the molecule is CC(C)N(C)CC1CCCN1C.CC(C)N(C)CCN(C)C. The van der Waals surface area contributed by atoms with Crippen molar-refractivity contribution in [2.24, 2.45) is 0 Å². The Bertz CT molecular complexity index is 266. The molecule has 1 saturated heterocycles.